The molecule has 3 nitrogen and oxygen atoms in total. The van der Waals surface area contributed by atoms with E-state index >= 15 is 0 Å². The summed E-state index contributed by atoms with van der Waals surface area (Å²) in [6, 6.07) is 47.5. The van der Waals surface area contributed by atoms with E-state index in [0.717, 1.165) is 49.6 Å². The Labute approximate surface area is 249 Å². The summed E-state index contributed by atoms with van der Waals surface area (Å²) in [4.78, 5) is 5.12. The molecule has 10 aromatic rings. The van der Waals surface area contributed by atoms with Crippen molar-refractivity contribution in [2.45, 2.75) is 0 Å². The number of nitrogens with zero attached hydrogens (tertiary/aromatic N) is 2. The molecule has 43 heavy (non-hydrogen) atoms. The molecule has 0 aliphatic carbocycles. The minimum atomic E-state index is 0.920. The second kappa shape index (κ2) is 8.54. The van der Waals surface area contributed by atoms with Crippen molar-refractivity contribution in [2.75, 3.05) is 0 Å². The van der Waals surface area contributed by atoms with Crippen molar-refractivity contribution in [1.29, 1.82) is 0 Å². The summed E-state index contributed by atoms with van der Waals surface area (Å²) in [5.41, 5.74) is 9.84. The van der Waals surface area contributed by atoms with E-state index < -0.39 is 0 Å². The second-order valence-corrected chi connectivity index (χ2v) is 12.2. The van der Waals surface area contributed by atoms with Crippen molar-refractivity contribution in [3.63, 3.8) is 0 Å². The van der Waals surface area contributed by atoms with Crippen molar-refractivity contribution >= 4 is 86.3 Å². The zero-order valence-electron chi connectivity index (χ0n) is 22.9. The Bertz CT molecular complexity index is 2730. The highest BCUT2D eigenvalue weighted by Gasteiger charge is 2.19. The van der Waals surface area contributed by atoms with E-state index in [2.05, 4.69) is 132 Å². The highest BCUT2D eigenvalue weighted by atomic mass is 32.1. The molecule has 6 aromatic carbocycles. The van der Waals surface area contributed by atoms with Crippen LogP contribution in [0.25, 0.3) is 91.8 Å². The van der Waals surface area contributed by atoms with Crippen LogP contribution in [0.2, 0.25) is 0 Å². The molecule has 0 aliphatic heterocycles. The van der Waals surface area contributed by atoms with E-state index in [1.807, 2.05) is 17.4 Å². The van der Waals surface area contributed by atoms with Gasteiger partial charge < -0.3 is 8.98 Å². The highest BCUT2D eigenvalue weighted by molar-refractivity contribution is 7.26. The first-order valence-corrected chi connectivity index (χ1v) is 15.3. The van der Waals surface area contributed by atoms with Gasteiger partial charge in [0.1, 0.15) is 11.2 Å². The summed E-state index contributed by atoms with van der Waals surface area (Å²) in [6.45, 7) is 0. The third-order valence-corrected chi connectivity index (χ3v) is 9.97. The predicted molar refractivity (Wildman–Crippen MR) is 182 cm³/mol. The summed E-state index contributed by atoms with van der Waals surface area (Å²) >= 11 is 1.83. The van der Waals surface area contributed by atoms with Gasteiger partial charge in [0.2, 0.25) is 0 Å². The lowest BCUT2D eigenvalue weighted by Gasteiger charge is -2.12. The summed E-state index contributed by atoms with van der Waals surface area (Å²) in [5.74, 6) is 0. The first-order chi connectivity index (χ1) is 21.3. The molecule has 0 amide bonds. The Morgan fingerprint density at radius 2 is 1.28 bits per heavy atom. The monoisotopic (exact) mass is 566 g/mol. The number of furan rings is 1. The van der Waals surface area contributed by atoms with Gasteiger partial charge in [0.15, 0.2) is 0 Å². The Balaban J connectivity index is 1.23. The minimum absolute atomic E-state index is 0.920. The minimum Gasteiger partial charge on any atom is -0.455 e. The molecule has 0 spiro atoms. The highest BCUT2D eigenvalue weighted by Crippen LogP contribution is 2.44. The largest absolute Gasteiger partial charge is 0.455 e. The van der Waals surface area contributed by atoms with Crippen LogP contribution in [0.15, 0.2) is 138 Å². The van der Waals surface area contributed by atoms with Gasteiger partial charge in [0, 0.05) is 42.9 Å². The van der Waals surface area contributed by atoms with E-state index in [1.165, 1.54) is 42.2 Å². The molecule has 10 rings (SSSR count). The molecule has 0 bridgehead atoms. The van der Waals surface area contributed by atoms with Crippen LogP contribution in [0.5, 0.6) is 0 Å². The number of aromatic nitrogens is 2. The number of pyridine rings is 1. The second-order valence-electron chi connectivity index (χ2n) is 11.1. The van der Waals surface area contributed by atoms with Crippen molar-refractivity contribution in [3.05, 3.63) is 133 Å². The van der Waals surface area contributed by atoms with Crippen LogP contribution in [0, 0.1) is 0 Å². The van der Waals surface area contributed by atoms with Gasteiger partial charge in [-0.05, 0) is 54.1 Å². The van der Waals surface area contributed by atoms with Crippen LogP contribution in [-0.2, 0) is 0 Å². The molecule has 200 valence electrons. The molecule has 0 atom stereocenters. The lowest BCUT2D eigenvalue weighted by Crippen LogP contribution is -1.94. The summed E-state index contributed by atoms with van der Waals surface area (Å²) in [7, 11) is 0. The zero-order valence-corrected chi connectivity index (χ0v) is 23.7. The van der Waals surface area contributed by atoms with Gasteiger partial charge >= 0.3 is 0 Å². The lowest BCUT2D eigenvalue weighted by atomic mass is 9.99. The van der Waals surface area contributed by atoms with Crippen molar-refractivity contribution in [3.8, 4) is 16.8 Å². The van der Waals surface area contributed by atoms with Gasteiger partial charge in [-0.2, -0.15) is 0 Å². The Kier molecular flexibility index (Phi) is 4.60. The molecular formula is C39H22N2OS. The van der Waals surface area contributed by atoms with Crippen LogP contribution < -0.4 is 0 Å². The maximum atomic E-state index is 6.49. The third-order valence-electron chi connectivity index (χ3n) is 8.80. The molecule has 0 radical (unpaired) electrons. The molecule has 4 heteroatoms. The topological polar surface area (TPSA) is 31.0 Å². The number of fused-ring (bicyclic) bond motifs is 11. The molecular weight excluding hydrogens is 545 g/mol. The SMILES string of the molecule is c1ccc2c(-c3ccc(-n4c5ccccc5c5c6oc7ccccc7c6ccc54)cc3)c3sc4ccccc4c3nc2c1. The molecule has 0 saturated heterocycles. The summed E-state index contributed by atoms with van der Waals surface area (Å²) in [6.07, 6.45) is 0. The van der Waals surface area contributed by atoms with Crippen LogP contribution in [-0.4, -0.2) is 9.55 Å². The normalized spacial score (nSPS) is 12.2. The maximum Gasteiger partial charge on any atom is 0.145 e. The molecule has 0 aliphatic rings. The zero-order chi connectivity index (χ0) is 28.1. The van der Waals surface area contributed by atoms with Crippen LogP contribution >= 0.6 is 11.3 Å². The Morgan fingerprint density at radius 1 is 0.558 bits per heavy atom. The van der Waals surface area contributed by atoms with Crippen molar-refractivity contribution in [1.82, 2.24) is 9.55 Å². The standard InChI is InChI=1S/C39H22N2OS/c1-5-13-30-27(10-1)35(39-37(40-30)29-12-4-8-16-34(29)43-39)23-17-19-24(20-18-23)41-31-14-6-2-11-28(31)36-32(41)22-21-26-25-9-3-7-15-33(25)42-38(26)36/h1-22H. The fraction of sp³-hybridized carbons (Fsp3) is 0. The Morgan fingerprint density at radius 3 is 2.16 bits per heavy atom. The average Bonchev–Trinajstić information content (AvgIpc) is 3.73. The number of hydrogen-bond donors (Lipinski definition) is 0. The van der Waals surface area contributed by atoms with E-state index in [0.29, 0.717) is 0 Å². The average molecular weight is 567 g/mol. The van der Waals surface area contributed by atoms with Crippen LogP contribution in [0.3, 0.4) is 0 Å². The molecule has 4 heterocycles. The smallest absolute Gasteiger partial charge is 0.145 e. The first-order valence-electron chi connectivity index (χ1n) is 14.5. The quantitative estimate of drug-likeness (QED) is 0.208. The van der Waals surface area contributed by atoms with Crippen LogP contribution in [0.4, 0.5) is 0 Å². The first kappa shape index (κ1) is 23.1. The van der Waals surface area contributed by atoms with Gasteiger partial charge in [0.05, 0.1) is 32.2 Å². The maximum absolute atomic E-state index is 6.49. The van der Waals surface area contributed by atoms with Crippen molar-refractivity contribution < 1.29 is 4.42 Å². The molecule has 0 unspecified atom stereocenters. The van der Waals surface area contributed by atoms with Gasteiger partial charge in [-0.3, -0.25) is 0 Å². The summed E-state index contributed by atoms with van der Waals surface area (Å²) < 4.78 is 11.3. The van der Waals surface area contributed by atoms with E-state index in [1.54, 1.807) is 0 Å². The molecule has 0 N–H and O–H groups in total. The third kappa shape index (κ3) is 3.16. The number of thiophene rings is 1. The fourth-order valence-corrected chi connectivity index (χ4v) is 8.14. The lowest BCUT2D eigenvalue weighted by molar-refractivity contribution is 0.673. The van der Waals surface area contributed by atoms with Gasteiger partial charge in [-0.1, -0.05) is 84.9 Å². The number of hydrogen-bond acceptors (Lipinski definition) is 3. The van der Waals surface area contributed by atoms with Gasteiger partial charge in [-0.25, -0.2) is 4.98 Å². The van der Waals surface area contributed by atoms with E-state index in [9.17, 15) is 0 Å². The Hall–Kier alpha value is -5.45. The van der Waals surface area contributed by atoms with Gasteiger partial charge in [-0.15, -0.1) is 11.3 Å². The summed E-state index contributed by atoms with van der Waals surface area (Å²) in [5, 5.41) is 7.04. The number of benzene rings is 6. The fourth-order valence-electron chi connectivity index (χ4n) is 6.91. The molecule has 0 saturated carbocycles. The van der Waals surface area contributed by atoms with Crippen molar-refractivity contribution in [2.24, 2.45) is 0 Å². The predicted octanol–water partition coefficient (Wildman–Crippen LogP) is 11.3. The molecule has 4 aromatic heterocycles. The van der Waals surface area contributed by atoms with E-state index in [4.69, 9.17) is 9.40 Å². The van der Waals surface area contributed by atoms with E-state index in [-0.39, 0.29) is 0 Å². The van der Waals surface area contributed by atoms with Crippen LogP contribution in [0.1, 0.15) is 0 Å². The van der Waals surface area contributed by atoms with Gasteiger partial charge in [0.25, 0.3) is 0 Å². The number of rotatable bonds is 2. The molecule has 0 fully saturated rings. The number of para-hydroxylation sites is 3.